The molecule has 4 aromatic rings. The molecule has 0 spiro atoms. The van der Waals surface area contributed by atoms with Crippen molar-refractivity contribution in [3.05, 3.63) is 144 Å². The van der Waals surface area contributed by atoms with Crippen LogP contribution in [0.2, 0.25) is 0 Å². The first-order valence-corrected chi connectivity index (χ1v) is 18.6. The van der Waals surface area contributed by atoms with Crippen LogP contribution in [0.5, 0.6) is 0 Å². The van der Waals surface area contributed by atoms with Crippen LogP contribution in [0.15, 0.2) is 110 Å². The summed E-state index contributed by atoms with van der Waals surface area (Å²) in [5.41, 5.74) is 3.60. The number of amides is 6. The molecule has 61 heavy (non-hydrogen) atoms. The number of hydrazine groups is 2. The molecule has 2 atom stereocenters. The number of anilines is 2. The van der Waals surface area contributed by atoms with Crippen molar-refractivity contribution in [1.82, 2.24) is 26.7 Å². The highest BCUT2D eigenvalue weighted by Crippen LogP contribution is 2.13. The molecule has 7 N–H and O–H groups in total. The average Bonchev–Trinajstić information content (AvgIpc) is 3.20. The van der Waals surface area contributed by atoms with Crippen LogP contribution in [0.3, 0.4) is 0 Å². The van der Waals surface area contributed by atoms with Gasteiger partial charge in [0.05, 0.1) is 43.9 Å². The summed E-state index contributed by atoms with van der Waals surface area (Å²) >= 11 is 0. The number of halogens is 4. The molecule has 0 saturated carbocycles. The van der Waals surface area contributed by atoms with Crippen LogP contribution in [0.1, 0.15) is 31.9 Å². The number of nitrogens with two attached hydrogens (primary N) is 1. The number of nitrogens with one attached hydrogen (secondary N) is 5. The van der Waals surface area contributed by atoms with Gasteiger partial charge in [0.2, 0.25) is 17.7 Å². The number of ether oxygens (including phenoxy) is 1. The van der Waals surface area contributed by atoms with Gasteiger partial charge in [0, 0.05) is 12.1 Å². The highest BCUT2D eigenvalue weighted by Gasteiger charge is 2.23. The predicted molar refractivity (Wildman–Crippen MR) is 217 cm³/mol. The summed E-state index contributed by atoms with van der Waals surface area (Å²) < 4.78 is 58.1. The standard InChI is InChI=1S/C23H26F2N4O4.C19H20F2N4O3/c1-4-33-16(3)26-14-22(31)29(20-8-6-5-7-9-20)28-23(32)15(2)27-21(30)12-17-10-18(24)13-19(25)11-17;1-12(24-17(26)9-13-7-14(20)10-15(21)8-13)19(28)23-11-18(27)25(22)16-5-3-2-4-6-16/h5-11,13,15,26H,3-4,12,14H2,1-2H3,(H,27,30)(H,28,32);2-8,10,12H,9,11,22H2,1H3,(H,23,28)(H,24,26)/t15-;12-/m00/s1. The van der Waals surface area contributed by atoms with Gasteiger partial charge in [-0.1, -0.05) is 36.4 Å². The van der Waals surface area contributed by atoms with Crippen molar-refractivity contribution in [3.63, 3.8) is 0 Å². The maximum atomic E-state index is 13.3. The lowest BCUT2D eigenvalue weighted by molar-refractivity contribution is -0.129. The molecular weight excluding hydrogens is 805 g/mol. The zero-order chi connectivity index (χ0) is 45.1. The molecule has 0 aliphatic rings. The third-order valence-electron chi connectivity index (χ3n) is 8.07. The lowest BCUT2D eigenvalue weighted by atomic mass is 10.1. The van der Waals surface area contributed by atoms with E-state index in [2.05, 4.69) is 33.3 Å². The fourth-order valence-corrected chi connectivity index (χ4v) is 5.18. The number of nitrogens with zero attached hydrogens (tertiary/aromatic N) is 2. The zero-order valence-corrected chi connectivity index (χ0v) is 33.5. The van der Waals surface area contributed by atoms with Crippen molar-refractivity contribution in [2.75, 3.05) is 29.7 Å². The third-order valence-corrected chi connectivity index (χ3v) is 8.07. The molecule has 19 heteroatoms. The Balaban J connectivity index is 0.000000330. The molecule has 0 saturated heterocycles. The van der Waals surface area contributed by atoms with E-state index in [1.807, 2.05) is 0 Å². The number of benzene rings is 4. The van der Waals surface area contributed by atoms with E-state index in [0.29, 0.717) is 30.1 Å². The highest BCUT2D eigenvalue weighted by atomic mass is 19.1. The molecule has 0 aliphatic heterocycles. The van der Waals surface area contributed by atoms with Gasteiger partial charge in [0.25, 0.3) is 17.7 Å². The van der Waals surface area contributed by atoms with Crippen LogP contribution < -0.4 is 42.6 Å². The molecule has 4 rings (SSSR count). The monoisotopic (exact) mass is 850 g/mol. The summed E-state index contributed by atoms with van der Waals surface area (Å²) in [6, 6.07) is 20.4. The number of carbonyl (C=O) groups is 6. The molecule has 6 amide bonds. The second-order valence-electron chi connectivity index (χ2n) is 13.1. The first-order valence-electron chi connectivity index (χ1n) is 18.6. The Kier molecular flexibility index (Phi) is 18.9. The Bertz CT molecular complexity index is 2130. The lowest BCUT2D eigenvalue weighted by Gasteiger charge is -2.25. The van der Waals surface area contributed by atoms with Crippen LogP contribution in [0.25, 0.3) is 0 Å². The molecule has 0 bridgehead atoms. The first-order chi connectivity index (χ1) is 28.9. The van der Waals surface area contributed by atoms with E-state index in [1.165, 1.54) is 13.8 Å². The number of para-hydroxylation sites is 2. The predicted octanol–water partition coefficient (Wildman–Crippen LogP) is 3.21. The summed E-state index contributed by atoms with van der Waals surface area (Å²) in [5, 5.41) is 11.9. The summed E-state index contributed by atoms with van der Waals surface area (Å²) in [6.07, 6.45) is -0.618. The summed E-state index contributed by atoms with van der Waals surface area (Å²) in [7, 11) is 0. The fourth-order valence-electron chi connectivity index (χ4n) is 5.18. The van der Waals surface area contributed by atoms with Crippen LogP contribution in [-0.2, 0) is 46.3 Å². The van der Waals surface area contributed by atoms with Gasteiger partial charge in [-0.2, -0.15) is 0 Å². The van der Waals surface area contributed by atoms with Crippen LogP contribution in [0, 0.1) is 23.3 Å². The van der Waals surface area contributed by atoms with Gasteiger partial charge >= 0.3 is 0 Å². The lowest BCUT2D eigenvalue weighted by Crippen LogP contribution is -2.55. The molecule has 15 nitrogen and oxygen atoms in total. The SMILES string of the molecule is C=C(NCC(=O)N(NC(=O)[C@H](C)NC(=O)Cc1cc(F)cc(F)c1)c1ccccc1)OCC.C[C@H](NC(=O)Cc1cc(F)cc(F)c1)C(=O)NCC(=O)N(N)c1ccccc1. The Labute approximate surface area is 349 Å². The Hall–Kier alpha value is -7.28. The van der Waals surface area contributed by atoms with Crippen molar-refractivity contribution in [2.45, 2.75) is 45.7 Å². The summed E-state index contributed by atoms with van der Waals surface area (Å²) in [6.45, 7) is 8.04. The van der Waals surface area contributed by atoms with E-state index in [9.17, 15) is 46.3 Å². The molecule has 324 valence electrons. The van der Waals surface area contributed by atoms with Crippen LogP contribution >= 0.6 is 0 Å². The smallest absolute Gasteiger partial charge is 0.265 e. The largest absolute Gasteiger partial charge is 0.480 e. The van der Waals surface area contributed by atoms with Crippen molar-refractivity contribution < 1.29 is 51.1 Å². The Morgan fingerprint density at radius 2 is 1.07 bits per heavy atom. The molecule has 0 radical (unpaired) electrons. The minimum absolute atomic E-state index is 0.124. The molecule has 0 unspecified atom stereocenters. The highest BCUT2D eigenvalue weighted by molar-refractivity contribution is 5.99. The third kappa shape index (κ3) is 16.8. The average molecular weight is 851 g/mol. The first kappa shape index (κ1) is 48.1. The van der Waals surface area contributed by atoms with Crippen molar-refractivity contribution in [3.8, 4) is 0 Å². The van der Waals surface area contributed by atoms with E-state index in [0.717, 1.165) is 34.3 Å². The van der Waals surface area contributed by atoms with Gasteiger partial charge in [0.15, 0.2) is 5.88 Å². The molecule has 0 aliphatic carbocycles. The van der Waals surface area contributed by atoms with E-state index in [1.54, 1.807) is 67.6 Å². The van der Waals surface area contributed by atoms with Crippen LogP contribution in [-0.4, -0.2) is 67.2 Å². The Morgan fingerprint density at radius 1 is 0.639 bits per heavy atom. The molecular formula is C42H46F4N8O7. The van der Waals surface area contributed by atoms with Gasteiger partial charge in [-0.3, -0.25) is 34.2 Å². The maximum Gasteiger partial charge on any atom is 0.265 e. The van der Waals surface area contributed by atoms with Crippen molar-refractivity contribution in [1.29, 1.82) is 0 Å². The quantitative estimate of drug-likeness (QED) is 0.0303. The van der Waals surface area contributed by atoms with Gasteiger partial charge in [-0.25, -0.2) is 33.4 Å². The van der Waals surface area contributed by atoms with E-state index < -0.39 is 70.8 Å². The van der Waals surface area contributed by atoms with Crippen molar-refractivity contribution >= 4 is 46.8 Å². The number of rotatable bonds is 17. The number of hydrogen-bond donors (Lipinski definition) is 6. The van der Waals surface area contributed by atoms with Gasteiger partial charge in [-0.05, 0) is 87.0 Å². The maximum absolute atomic E-state index is 13.3. The molecule has 0 aromatic heterocycles. The topological polar surface area (TPSA) is 204 Å². The zero-order valence-electron chi connectivity index (χ0n) is 33.5. The molecule has 4 aromatic carbocycles. The van der Waals surface area contributed by atoms with Crippen LogP contribution in [0.4, 0.5) is 28.9 Å². The normalized spacial score (nSPS) is 11.3. The van der Waals surface area contributed by atoms with Gasteiger partial charge in [-0.15, -0.1) is 0 Å². The minimum Gasteiger partial charge on any atom is -0.480 e. The fraction of sp³-hybridized carbons (Fsp3) is 0.238. The summed E-state index contributed by atoms with van der Waals surface area (Å²) in [4.78, 5) is 73.6. The number of carbonyl (C=O) groups excluding carboxylic acids is 6. The molecule has 0 fully saturated rings. The Morgan fingerprint density at radius 3 is 1.52 bits per heavy atom. The number of hydrogen-bond acceptors (Lipinski definition) is 9. The van der Waals surface area contributed by atoms with E-state index in [-0.39, 0.29) is 42.9 Å². The van der Waals surface area contributed by atoms with Crippen molar-refractivity contribution in [2.24, 2.45) is 5.84 Å². The van der Waals surface area contributed by atoms with E-state index in [4.69, 9.17) is 10.6 Å². The van der Waals surface area contributed by atoms with Gasteiger partial charge in [0.1, 0.15) is 35.4 Å². The second-order valence-corrected chi connectivity index (χ2v) is 13.1. The van der Waals surface area contributed by atoms with Gasteiger partial charge < -0.3 is 26.0 Å². The van der Waals surface area contributed by atoms with E-state index >= 15 is 0 Å². The molecule has 0 heterocycles. The summed E-state index contributed by atoms with van der Waals surface area (Å²) in [5.74, 6) is -0.839. The minimum atomic E-state index is -1.04. The second kappa shape index (κ2) is 24.0.